The van der Waals surface area contributed by atoms with Gasteiger partial charge in [0.25, 0.3) is 0 Å². The molecule has 3 aromatic rings. The zero-order valence-corrected chi connectivity index (χ0v) is 13.5. The van der Waals surface area contributed by atoms with Crippen LogP contribution >= 0.6 is 0 Å². The third kappa shape index (κ3) is 4.48. The van der Waals surface area contributed by atoms with Crippen molar-refractivity contribution in [3.05, 3.63) is 71.8 Å². The first-order valence-electron chi connectivity index (χ1n) is 7.82. The van der Waals surface area contributed by atoms with Crippen LogP contribution in [0.3, 0.4) is 0 Å². The Kier molecular flexibility index (Phi) is 5.12. The van der Waals surface area contributed by atoms with E-state index in [2.05, 4.69) is 26.7 Å². The summed E-state index contributed by atoms with van der Waals surface area (Å²) >= 11 is 0. The topological polar surface area (TPSA) is 96.5 Å². The summed E-state index contributed by atoms with van der Waals surface area (Å²) in [5, 5.41) is 19.7. The summed E-state index contributed by atoms with van der Waals surface area (Å²) in [6.45, 7) is 0.326. The maximum atomic E-state index is 12.0. The standard InChI is InChI=1S/C18H16N6O/c19-10-15-5-3-14(4-6-15)7-8-18(25)21-11-16-13-24(23-22-16)17-2-1-9-20-12-17/h1-6,9,12-13H,7-8,11H2,(H,21,25). The molecule has 7 heteroatoms. The molecule has 1 aromatic carbocycles. The molecule has 0 aliphatic rings. The maximum Gasteiger partial charge on any atom is 0.220 e. The lowest BCUT2D eigenvalue weighted by Crippen LogP contribution is -2.23. The summed E-state index contributed by atoms with van der Waals surface area (Å²) in [6, 6.07) is 13.0. The van der Waals surface area contributed by atoms with Gasteiger partial charge in [-0.1, -0.05) is 17.3 Å². The molecule has 0 aliphatic carbocycles. The Hall–Kier alpha value is -3.53. The van der Waals surface area contributed by atoms with E-state index in [0.717, 1.165) is 11.3 Å². The molecule has 0 bridgehead atoms. The van der Waals surface area contributed by atoms with E-state index in [1.807, 2.05) is 24.3 Å². The third-order valence-electron chi connectivity index (χ3n) is 3.64. The number of aryl methyl sites for hydroxylation is 1. The van der Waals surface area contributed by atoms with Crippen molar-refractivity contribution in [1.29, 1.82) is 5.26 Å². The molecule has 0 saturated carbocycles. The quantitative estimate of drug-likeness (QED) is 0.742. The van der Waals surface area contributed by atoms with Crippen molar-refractivity contribution >= 4 is 5.91 Å². The van der Waals surface area contributed by atoms with Crippen LogP contribution < -0.4 is 5.32 Å². The molecule has 1 N–H and O–H groups in total. The van der Waals surface area contributed by atoms with Crippen molar-refractivity contribution in [1.82, 2.24) is 25.3 Å². The van der Waals surface area contributed by atoms with Gasteiger partial charge in [0, 0.05) is 12.6 Å². The Balaban J connectivity index is 1.47. The van der Waals surface area contributed by atoms with Gasteiger partial charge >= 0.3 is 0 Å². The Morgan fingerprint density at radius 1 is 1.24 bits per heavy atom. The number of aromatic nitrogens is 4. The first-order valence-corrected chi connectivity index (χ1v) is 7.82. The van der Waals surface area contributed by atoms with Crippen molar-refractivity contribution in [2.24, 2.45) is 0 Å². The van der Waals surface area contributed by atoms with Crippen LogP contribution in [-0.2, 0) is 17.8 Å². The van der Waals surface area contributed by atoms with E-state index in [0.29, 0.717) is 30.6 Å². The fourth-order valence-electron chi connectivity index (χ4n) is 2.28. The molecule has 0 saturated heterocycles. The van der Waals surface area contributed by atoms with Crippen LogP contribution in [0.4, 0.5) is 0 Å². The number of nitrogens with one attached hydrogen (secondary N) is 1. The summed E-state index contributed by atoms with van der Waals surface area (Å²) in [7, 11) is 0. The van der Waals surface area contributed by atoms with Crippen LogP contribution in [0.25, 0.3) is 5.69 Å². The van der Waals surface area contributed by atoms with Gasteiger partial charge in [0.2, 0.25) is 5.91 Å². The van der Waals surface area contributed by atoms with Gasteiger partial charge in [-0.2, -0.15) is 5.26 Å². The fourth-order valence-corrected chi connectivity index (χ4v) is 2.28. The number of amides is 1. The highest BCUT2D eigenvalue weighted by atomic mass is 16.1. The molecule has 0 radical (unpaired) electrons. The van der Waals surface area contributed by atoms with Crippen LogP contribution in [0.15, 0.2) is 55.0 Å². The highest BCUT2D eigenvalue weighted by molar-refractivity contribution is 5.76. The average molecular weight is 332 g/mol. The Morgan fingerprint density at radius 3 is 2.80 bits per heavy atom. The predicted octanol–water partition coefficient (Wildman–Crippen LogP) is 1.78. The van der Waals surface area contributed by atoms with E-state index in [9.17, 15) is 4.79 Å². The molecule has 0 unspecified atom stereocenters. The van der Waals surface area contributed by atoms with Gasteiger partial charge in [-0.15, -0.1) is 5.10 Å². The number of benzene rings is 1. The maximum absolute atomic E-state index is 12.0. The number of hydrogen-bond donors (Lipinski definition) is 1. The Morgan fingerprint density at radius 2 is 2.08 bits per heavy atom. The predicted molar refractivity (Wildman–Crippen MR) is 90.5 cm³/mol. The lowest BCUT2D eigenvalue weighted by atomic mass is 10.1. The van der Waals surface area contributed by atoms with E-state index in [4.69, 9.17) is 5.26 Å². The third-order valence-corrected chi connectivity index (χ3v) is 3.64. The molecular formula is C18H16N6O. The minimum absolute atomic E-state index is 0.0553. The normalized spacial score (nSPS) is 10.2. The van der Waals surface area contributed by atoms with Gasteiger partial charge in [0.15, 0.2) is 0 Å². The van der Waals surface area contributed by atoms with Crippen molar-refractivity contribution in [2.45, 2.75) is 19.4 Å². The van der Waals surface area contributed by atoms with Crippen molar-refractivity contribution < 1.29 is 4.79 Å². The molecule has 2 aromatic heterocycles. The number of carbonyl (C=O) groups excluding carboxylic acids is 1. The second-order valence-electron chi connectivity index (χ2n) is 5.45. The van der Waals surface area contributed by atoms with Crippen LogP contribution in [-0.4, -0.2) is 25.9 Å². The minimum Gasteiger partial charge on any atom is -0.350 e. The first-order chi connectivity index (χ1) is 12.2. The molecule has 3 rings (SSSR count). The van der Waals surface area contributed by atoms with E-state index in [1.165, 1.54) is 0 Å². The van der Waals surface area contributed by atoms with Crippen LogP contribution in [0.2, 0.25) is 0 Å². The van der Waals surface area contributed by atoms with Crippen molar-refractivity contribution in [3.63, 3.8) is 0 Å². The van der Waals surface area contributed by atoms with Gasteiger partial charge in [0.1, 0.15) is 5.69 Å². The monoisotopic (exact) mass is 332 g/mol. The fraction of sp³-hybridized carbons (Fsp3) is 0.167. The number of carbonyl (C=O) groups is 1. The Bertz CT molecular complexity index is 880. The first kappa shape index (κ1) is 16.3. The van der Waals surface area contributed by atoms with Gasteiger partial charge in [-0.3, -0.25) is 9.78 Å². The van der Waals surface area contributed by atoms with Gasteiger partial charge in [0.05, 0.1) is 36.3 Å². The van der Waals surface area contributed by atoms with E-state index in [-0.39, 0.29) is 5.91 Å². The highest BCUT2D eigenvalue weighted by Crippen LogP contribution is 2.07. The Labute approximate surface area is 144 Å². The summed E-state index contributed by atoms with van der Waals surface area (Å²) in [6.07, 6.45) is 6.14. The number of nitriles is 1. The molecule has 1 amide bonds. The van der Waals surface area contributed by atoms with Crippen molar-refractivity contribution in [2.75, 3.05) is 0 Å². The highest BCUT2D eigenvalue weighted by Gasteiger charge is 2.06. The van der Waals surface area contributed by atoms with Crippen LogP contribution in [0, 0.1) is 11.3 Å². The molecule has 0 fully saturated rings. The largest absolute Gasteiger partial charge is 0.350 e. The second-order valence-corrected chi connectivity index (χ2v) is 5.45. The van der Waals surface area contributed by atoms with Gasteiger partial charge in [-0.25, -0.2) is 4.68 Å². The minimum atomic E-state index is -0.0553. The lowest BCUT2D eigenvalue weighted by Gasteiger charge is -2.03. The molecule has 124 valence electrons. The van der Waals surface area contributed by atoms with E-state index in [1.54, 1.807) is 35.4 Å². The molecular weight excluding hydrogens is 316 g/mol. The molecule has 0 atom stereocenters. The summed E-state index contributed by atoms with van der Waals surface area (Å²) in [5.41, 5.74) is 3.13. The van der Waals surface area contributed by atoms with Gasteiger partial charge < -0.3 is 5.32 Å². The molecule has 0 aliphatic heterocycles. The average Bonchev–Trinajstić information content (AvgIpc) is 3.15. The smallest absolute Gasteiger partial charge is 0.220 e. The molecule has 7 nitrogen and oxygen atoms in total. The zero-order chi connectivity index (χ0) is 17.5. The van der Waals surface area contributed by atoms with E-state index >= 15 is 0 Å². The van der Waals surface area contributed by atoms with E-state index < -0.39 is 0 Å². The number of pyridine rings is 1. The second kappa shape index (κ2) is 7.84. The molecule has 25 heavy (non-hydrogen) atoms. The summed E-state index contributed by atoms with van der Waals surface area (Å²) in [5.74, 6) is -0.0553. The van der Waals surface area contributed by atoms with Gasteiger partial charge in [-0.05, 0) is 36.2 Å². The summed E-state index contributed by atoms with van der Waals surface area (Å²) in [4.78, 5) is 16.0. The summed E-state index contributed by atoms with van der Waals surface area (Å²) < 4.78 is 1.62. The lowest BCUT2D eigenvalue weighted by molar-refractivity contribution is -0.121. The SMILES string of the molecule is N#Cc1ccc(CCC(=O)NCc2cn(-c3cccnc3)nn2)cc1. The number of hydrogen-bond acceptors (Lipinski definition) is 5. The van der Waals surface area contributed by atoms with Crippen LogP contribution in [0.5, 0.6) is 0 Å². The van der Waals surface area contributed by atoms with Crippen molar-refractivity contribution in [3.8, 4) is 11.8 Å². The zero-order valence-electron chi connectivity index (χ0n) is 13.5. The van der Waals surface area contributed by atoms with Crippen LogP contribution in [0.1, 0.15) is 23.2 Å². The molecule has 2 heterocycles. The number of rotatable bonds is 6. The molecule has 0 spiro atoms. The number of nitrogens with zero attached hydrogens (tertiary/aromatic N) is 5.